The molecular weight excluding hydrogens is 344 g/mol. The summed E-state index contributed by atoms with van der Waals surface area (Å²) >= 11 is 0. The second-order valence-corrected chi connectivity index (χ2v) is 8.74. The molecular formula is C16H22N4O4S. The largest absolute Gasteiger partial charge is 0.438 e. The van der Waals surface area contributed by atoms with Gasteiger partial charge in [0.1, 0.15) is 0 Å². The van der Waals surface area contributed by atoms with E-state index in [1.54, 1.807) is 6.07 Å². The Morgan fingerprint density at radius 2 is 1.80 bits per heavy atom. The van der Waals surface area contributed by atoms with Gasteiger partial charge in [0.2, 0.25) is 11.0 Å². The molecule has 0 aromatic carbocycles. The Morgan fingerprint density at radius 3 is 2.44 bits per heavy atom. The van der Waals surface area contributed by atoms with Gasteiger partial charge in [0.05, 0.1) is 0 Å². The Hall–Kier alpha value is -1.71. The van der Waals surface area contributed by atoms with E-state index in [1.165, 1.54) is 10.4 Å². The van der Waals surface area contributed by atoms with E-state index in [4.69, 9.17) is 8.83 Å². The van der Waals surface area contributed by atoms with Crippen LogP contribution in [0.1, 0.15) is 38.5 Å². The molecule has 0 unspecified atom stereocenters. The first-order valence-corrected chi connectivity index (χ1v) is 10.1. The number of hydrogen-bond donors (Lipinski definition) is 0. The average Bonchev–Trinajstić information content (AvgIpc) is 3.12. The summed E-state index contributed by atoms with van der Waals surface area (Å²) in [6.07, 6.45) is 2.11. The molecule has 2 fully saturated rings. The zero-order valence-corrected chi connectivity index (χ0v) is 15.2. The fraction of sp³-hybridized carbons (Fsp3) is 0.625. The molecule has 4 rings (SSSR count). The second kappa shape index (κ2) is 6.22. The maximum Gasteiger partial charge on any atom is 0.283 e. The Morgan fingerprint density at radius 1 is 1.08 bits per heavy atom. The number of nitrogens with zero attached hydrogens (tertiary/aromatic N) is 4. The Kier molecular flexibility index (Phi) is 4.17. The van der Waals surface area contributed by atoms with Gasteiger partial charge in [-0.25, -0.2) is 8.42 Å². The van der Waals surface area contributed by atoms with Gasteiger partial charge in [0, 0.05) is 38.1 Å². The summed E-state index contributed by atoms with van der Waals surface area (Å²) in [6, 6.07) is 3.44. The van der Waals surface area contributed by atoms with Crippen molar-refractivity contribution >= 4 is 10.0 Å². The lowest BCUT2D eigenvalue weighted by Gasteiger charge is -2.35. The zero-order chi connectivity index (χ0) is 17.6. The summed E-state index contributed by atoms with van der Waals surface area (Å²) in [5.41, 5.74) is 0. The summed E-state index contributed by atoms with van der Waals surface area (Å²) in [6.45, 7) is 6.59. The predicted molar refractivity (Wildman–Crippen MR) is 89.4 cm³/mol. The summed E-state index contributed by atoms with van der Waals surface area (Å²) in [5.74, 6) is 1.46. The van der Waals surface area contributed by atoms with Crippen molar-refractivity contribution in [2.24, 2.45) is 0 Å². The Bertz CT molecular complexity index is 845. The highest BCUT2D eigenvalue weighted by Crippen LogP contribution is 2.40. The van der Waals surface area contributed by atoms with E-state index in [2.05, 4.69) is 28.9 Å². The maximum absolute atomic E-state index is 12.8. The summed E-state index contributed by atoms with van der Waals surface area (Å²) in [7, 11) is -3.65. The minimum Gasteiger partial charge on any atom is -0.438 e. The number of aromatic nitrogens is 2. The molecule has 25 heavy (non-hydrogen) atoms. The first kappa shape index (κ1) is 16.7. The molecule has 0 N–H and O–H groups in total. The predicted octanol–water partition coefficient (Wildman–Crippen LogP) is 1.92. The normalized spacial score (nSPS) is 20.4. The third kappa shape index (κ3) is 3.23. The van der Waals surface area contributed by atoms with Crippen LogP contribution in [-0.4, -0.2) is 60.0 Å². The third-order valence-corrected chi connectivity index (χ3v) is 6.53. The quantitative estimate of drug-likeness (QED) is 0.798. The van der Waals surface area contributed by atoms with Gasteiger partial charge in [-0.2, -0.15) is 4.31 Å². The van der Waals surface area contributed by atoms with Gasteiger partial charge in [-0.3, -0.25) is 4.90 Å². The fourth-order valence-electron chi connectivity index (χ4n) is 2.99. The summed E-state index contributed by atoms with van der Waals surface area (Å²) < 4.78 is 38.1. The van der Waals surface area contributed by atoms with Crippen LogP contribution in [0.15, 0.2) is 26.1 Å². The van der Waals surface area contributed by atoms with Crippen LogP contribution in [0.4, 0.5) is 0 Å². The fourth-order valence-corrected chi connectivity index (χ4v) is 4.32. The van der Waals surface area contributed by atoms with Crippen molar-refractivity contribution in [3.8, 4) is 11.7 Å². The average molecular weight is 366 g/mol. The van der Waals surface area contributed by atoms with E-state index < -0.39 is 10.0 Å². The van der Waals surface area contributed by atoms with Crippen LogP contribution in [0.25, 0.3) is 11.7 Å². The minimum atomic E-state index is -3.65. The van der Waals surface area contributed by atoms with Crippen molar-refractivity contribution in [1.82, 2.24) is 19.4 Å². The molecule has 9 heteroatoms. The lowest BCUT2D eigenvalue weighted by Crippen LogP contribution is -2.50. The van der Waals surface area contributed by atoms with Gasteiger partial charge < -0.3 is 8.83 Å². The third-order valence-electron chi connectivity index (χ3n) is 4.76. The Balaban J connectivity index is 1.50. The molecule has 2 aromatic rings. The second-order valence-electron chi connectivity index (χ2n) is 6.87. The lowest BCUT2D eigenvalue weighted by atomic mass is 10.3. The summed E-state index contributed by atoms with van der Waals surface area (Å²) in [4.78, 5) is 2.26. The van der Waals surface area contributed by atoms with Crippen molar-refractivity contribution in [2.45, 2.75) is 43.7 Å². The molecule has 3 heterocycles. The molecule has 8 nitrogen and oxygen atoms in total. The standard InChI is InChI=1S/C16H22N4O4S/c1-11(2)19-7-9-20(10-8-19)25(21,22)14-6-5-13(23-14)16-18-17-15(24-16)12-3-4-12/h5-6,11-12H,3-4,7-10H2,1-2H3. The van der Waals surface area contributed by atoms with Crippen molar-refractivity contribution in [2.75, 3.05) is 26.2 Å². The van der Waals surface area contributed by atoms with Crippen LogP contribution in [0.2, 0.25) is 0 Å². The highest BCUT2D eigenvalue weighted by atomic mass is 32.2. The van der Waals surface area contributed by atoms with E-state index in [9.17, 15) is 8.42 Å². The molecule has 136 valence electrons. The van der Waals surface area contributed by atoms with Crippen molar-refractivity contribution in [3.05, 3.63) is 18.0 Å². The van der Waals surface area contributed by atoms with Gasteiger partial charge in [-0.05, 0) is 38.8 Å². The first-order chi connectivity index (χ1) is 11.9. The van der Waals surface area contributed by atoms with E-state index in [1.807, 2.05) is 0 Å². The van der Waals surface area contributed by atoms with Crippen molar-refractivity contribution < 1.29 is 17.3 Å². The number of sulfonamides is 1. The molecule has 2 aliphatic rings. The molecule has 0 spiro atoms. The number of rotatable bonds is 5. The van der Waals surface area contributed by atoms with Gasteiger partial charge in [0.25, 0.3) is 15.9 Å². The molecule has 1 saturated carbocycles. The van der Waals surface area contributed by atoms with E-state index >= 15 is 0 Å². The van der Waals surface area contributed by atoms with Gasteiger partial charge in [-0.15, -0.1) is 10.2 Å². The molecule has 1 aliphatic carbocycles. The zero-order valence-electron chi connectivity index (χ0n) is 14.4. The lowest BCUT2D eigenvalue weighted by molar-refractivity contribution is 0.153. The van der Waals surface area contributed by atoms with Gasteiger partial charge in [-0.1, -0.05) is 0 Å². The molecule has 2 aromatic heterocycles. The number of furan rings is 1. The number of hydrogen-bond acceptors (Lipinski definition) is 7. The van der Waals surface area contributed by atoms with Crippen LogP contribution in [0.3, 0.4) is 0 Å². The SMILES string of the molecule is CC(C)N1CCN(S(=O)(=O)c2ccc(-c3nnc(C4CC4)o3)o2)CC1. The van der Waals surface area contributed by atoms with Crippen LogP contribution in [0, 0.1) is 0 Å². The van der Waals surface area contributed by atoms with Crippen LogP contribution >= 0.6 is 0 Å². The minimum absolute atomic E-state index is 0.0772. The molecule has 0 radical (unpaired) electrons. The highest BCUT2D eigenvalue weighted by molar-refractivity contribution is 7.89. The first-order valence-electron chi connectivity index (χ1n) is 8.63. The molecule has 1 saturated heterocycles. The highest BCUT2D eigenvalue weighted by Gasteiger charge is 2.33. The van der Waals surface area contributed by atoms with Crippen molar-refractivity contribution in [1.29, 1.82) is 0 Å². The maximum atomic E-state index is 12.8. The topological polar surface area (TPSA) is 92.7 Å². The summed E-state index contributed by atoms with van der Waals surface area (Å²) in [5, 5.41) is 7.88. The molecule has 1 aliphatic heterocycles. The van der Waals surface area contributed by atoms with Crippen LogP contribution in [0.5, 0.6) is 0 Å². The monoisotopic (exact) mass is 366 g/mol. The van der Waals surface area contributed by atoms with Crippen molar-refractivity contribution in [3.63, 3.8) is 0 Å². The van der Waals surface area contributed by atoms with Gasteiger partial charge in [0.15, 0.2) is 5.76 Å². The number of piperazine rings is 1. The Labute approximate surface area is 146 Å². The molecule has 0 atom stereocenters. The van der Waals surface area contributed by atoms with E-state index in [-0.39, 0.29) is 11.0 Å². The van der Waals surface area contributed by atoms with E-state index in [0.717, 1.165) is 25.9 Å². The van der Waals surface area contributed by atoms with Crippen LogP contribution < -0.4 is 0 Å². The molecule has 0 amide bonds. The van der Waals surface area contributed by atoms with E-state index in [0.29, 0.717) is 36.7 Å². The van der Waals surface area contributed by atoms with Crippen LogP contribution in [-0.2, 0) is 10.0 Å². The van der Waals surface area contributed by atoms with Gasteiger partial charge >= 0.3 is 0 Å². The molecule has 0 bridgehead atoms. The smallest absolute Gasteiger partial charge is 0.283 e.